The number of amides is 1. The van der Waals surface area contributed by atoms with Gasteiger partial charge in [0.25, 0.3) is 5.91 Å². The lowest BCUT2D eigenvalue weighted by atomic mass is 10.3. The minimum Gasteiger partial charge on any atom is -0.395 e. The van der Waals surface area contributed by atoms with E-state index >= 15 is 0 Å². The number of hydrogen-bond acceptors (Lipinski definition) is 4. The molecule has 6 nitrogen and oxygen atoms in total. The number of fused-ring (bicyclic) bond motifs is 1. The minimum absolute atomic E-state index is 0.148. The van der Waals surface area contributed by atoms with Crippen LogP contribution in [0.15, 0.2) is 22.8 Å². The first-order chi connectivity index (χ1) is 9.58. The second kappa shape index (κ2) is 6.34. The first kappa shape index (κ1) is 15.0. The Balaban J connectivity index is 2.47. The smallest absolute Gasteiger partial charge is 0.272 e. The Bertz CT molecular complexity index is 621. The largest absolute Gasteiger partial charge is 0.395 e. The van der Waals surface area contributed by atoms with Crippen molar-refractivity contribution in [2.45, 2.75) is 6.92 Å². The zero-order valence-corrected chi connectivity index (χ0v) is 12.7. The van der Waals surface area contributed by atoms with Gasteiger partial charge in [-0.25, -0.2) is 4.98 Å². The van der Waals surface area contributed by atoms with Crippen molar-refractivity contribution in [1.29, 1.82) is 0 Å². The van der Waals surface area contributed by atoms with Gasteiger partial charge >= 0.3 is 0 Å². The molecule has 0 saturated heterocycles. The van der Waals surface area contributed by atoms with Gasteiger partial charge in [0.15, 0.2) is 0 Å². The Morgan fingerprint density at radius 2 is 2.00 bits per heavy atom. The molecule has 0 aliphatic rings. The van der Waals surface area contributed by atoms with Crippen LogP contribution in [0.2, 0.25) is 0 Å². The summed E-state index contributed by atoms with van der Waals surface area (Å²) < 4.78 is 2.55. The molecular weight excluding hydrogens is 326 g/mol. The molecule has 1 amide bonds. The summed E-state index contributed by atoms with van der Waals surface area (Å²) in [7, 11) is 0. The maximum Gasteiger partial charge on any atom is 0.272 e. The lowest BCUT2D eigenvalue weighted by Gasteiger charge is -2.20. The van der Waals surface area contributed by atoms with Crippen molar-refractivity contribution in [2.75, 3.05) is 26.3 Å². The molecule has 0 spiro atoms. The zero-order chi connectivity index (χ0) is 14.7. The number of rotatable bonds is 5. The van der Waals surface area contributed by atoms with Gasteiger partial charge in [0.1, 0.15) is 11.3 Å². The molecule has 0 fully saturated rings. The molecule has 0 saturated carbocycles. The zero-order valence-electron chi connectivity index (χ0n) is 11.1. The van der Waals surface area contributed by atoms with Gasteiger partial charge < -0.3 is 15.1 Å². The summed E-state index contributed by atoms with van der Waals surface area (Å²) in [6.07, 6.45) is 1.78. The van der Waals surface area contributed by atoms with Gasteiger partial charge in [-0.2, -0.15) is 0 Å². The van der Waals surface area contributed by atoms with Crippen LogP contribution >= 0.6 is 15.9 Å². The molecule has 0 aliphatic carbocycles. The monoisotopic (exact) mass is 341 g/mol. The van der Waals surface area contributed by atoms with Crippen molar-refractivity contribution in [3.63, 3.8) is 0 Å². The van der Waals surface area contributed by atoms with Crippen molar-refractivity contribution in [1.82, 2.24) is 14.3 Å². The second-order valence-corrected chi connectivity index (χ2v) is 5.28. The summed E-state index contributed by atoms with van der Waals surface area (Å²) in [5, 5.41) is 18.1. The van der Waals surface area contributed by atoms with Crippen LogP contribution in [0.5, 0.6) is 0 Å². The standard InChI is InChI=1S/C13H16BrN3O3/c1-9-12(13(20)16(4-6-18)5-7-19)17-8-10(14)2-3-11(17)15-9/h2-3,8,18-19H,4-7H2,1H3. The summed E-state index contributed by atoms with van der Waals surface area (Å²) in [5.74, 6) is -0.254. The Kier molecular flexibility index (Phi) is 4.74. The van der Waals surface area contributed by atoms with Crippen LogP contribution in [0.4, 0.5) is 0 Å². The molecule has 2 N–H and O–H groups in total. The highest BCUT2D eigenvalue weighted by Crippen LogP contribution is 2.18. The fraction of sp³-hybridized carbons (Fsp3) is 0.385. The van der Waals surface area contributed by atoms with Gasteiger partial charge in [-0.1, -0.05) is 0 Å². The van der Waals surface area contributed by atoms with Gasteiger partial charge in [0, 0.05) is 23.8 Å². The lowest BCUT2D eigenvalue weighted by molar-refractivity contribution is 0.0677. The van der Waals surface area contributed by atoms with E-state index in [0.717, 1.165) is 4.47 Å². The first-order valence-electron chi connectivity index (χ1n) is 6.23. The summed E-state index contributed by atoms with van der Waals surface area (Å²) in [4.78, 5) is 18.3. The first-order valence-corrected chi connectivity index (χ1v) is 7.03. The molecule has 0 aromatic carbocycles. The third-order valence-corrected chi connectivity index (χ3v) is 3.46. The molecule has 7 heteroatoms. The quantitative estimate of drug-likeness (QED) is 0.844. The Labute approximate surface area is 124 Å². The fourth-order valence-electron chi connectivity index (χ4n) is 2.10. The molecule has 2 aromatic heterocycles. The van der Waals surface area contributed by atoms with E-state index in [1.54, 1.807) is 17.5 Å². The SMILES string of the molecule is Cc1nc2ccc(Br)cn2c1C(=O)N(CCO)CCO. The second-order valence-electron chi connectivity index (χ2n) is 4.36. The molecule has 2 rings (SSSR count). The van der Waals surface area contributed by atoms with E-state index in [1.807, 2.05) is 12.1 Å². The molecular formula is C13H16BrN3O3. The molecule has 0 aliphatic heterocycles. The molecule has 2 aromatic rings. The molecule has 2 heterocycles. The van der Waals surface area contributed by atoms with E-state index in [0.29, 0.717) is 17.0 Å². The average Bonchev–Trinajstić information content (AvgIpc) is 2.73. The highest BCUT2D eigenvalue weighted by atomic mass is 79.9. The van der Waals surface area contributed by atoms with Gasteiger partial charge in [-0.15, -0.1) is 0 Å². The number of nitrogens with zero attached hydrogens (tertiary/aromatic N) is 3. The van der Waals surface area contributed by atoms with Crippen LogP contribution in [0, 0.1) is 6.92 Å². The number of halogens is 1. The Morgan fingerprint density at radius 3 is 2.60 bits per heavy atom. The normalized spacial score (nSPS) is 11.0. The van der Waals surface area contributed by atoms with Gasteiger partial charge in [-0.05, 0) is 35.0 Å². The lowest BCUT2D eigenvalue weighted by Crippen LogP contribution is -2.36. The van der Waals surface area contributed by atoms with Gasteiger partial charge in [0.05, 0.1) is 18.9 Å². The van der Waals surface area contributed by atoms with Gasteiger partial charge in [0.2, 0.25) is 0 Å². The van der Waals surface area contributed by atoms with Crippen molar-refractivity contribution < 1.29 is 15.0 Å². The van der Waals surface area contributed by atoms with Crippen molar-refractivity contribution >= 4 is 27.5 Å². The van der Waals surface area contributed by atoms with Crippen LogP contribution in [-0.4, -0.2) is 56.7 Å². The maximum atomic E-state index is 12.6. The van der Waals surface area contributed by atoms with Crippen LogP contribution < -0.4 is 0 Å². The molecule has 0 unspecified atom stereocenters. The predicted octanol–water partition coefficient (Wildman–Crippen LogP) is 0.832. The maximum absolute atomic E-state index is 12.6. The number of carbonyl (C=O) groups excluding carboxylic acids is 1. The third kappa shape index (κ3) is 2.84. The highest BCUT2D eigenvalue weighted by molar-refractivity contribution is 9.10. The van der Waals surface area contributed by atoms with Crippen molar-refractivity contribution in [3.8, 4) is 0 Å². The van der Waals surface area contributed by atoms with E-state index in [2.05, 4.69) is 20.9 Å². The summed E-state index contributed by atoms with van der Waals surface area (Å²) in [5.41, 5.74) is 1.75. The number of aliphatic hydroxyl groups excluding tert-OH is 2. The fourth-order valence-corrected chi connectivity index (χ4v) is 2.44. The topological polar surface area (TPSA) is 78.1 Å². The summed E-state index contributed by atoms with van der Waals surface area (Å²) >= 11 is 3.37. The molecule has 0 radical (unpaired) electrons. The number of hydrogen-bond donors (Lipinski definition) is 2. The van der Waals surface area contributed by atoms with Gasteiger partial charge in [-0.3, -0.25) is 9.20 Å². The Hall–Kier alpha value is -1.44. The third-order valence-electron chi connectivity index (χ3n) is 2.99. The van der Waals surface area contributed by atoms with E-state index in [4.69, 9.17) is 10.2 Å². The average molecular weight is 342 g/mol. The van der Waals surface area contributed by atoms with Crippen LogP contribution in [0.3, 0.4) is 0 Å². The van der Waals surface area contributed by atoms with E-state index in [9.17, 15) is 4.79 Å². The van der Waals surface area contributed by atoms with Crippen LogP contribution in [0.1, 0.15) is 16.2 Å². The summed E-state index contributed by atoms with van der Waals surface area (Å²) in [6.45, 7) is 1.83. The molecule has 0 bridgehead atoms. The minimum atomic E-state index is -0.254. The number of imidazole rings is 1. The van der Waals surface area contributed by atoms with E-state index in [1.165, 1.54) is 4.90 Å². The number of aromatic nitrogens is 2. The number of pyridine rings is 1. The van der Waals surface area contributed by atoms with Crippen LogP contribution in [-0.2, 0) is 0 Å². The van der Waals surface area contributed by atoms with Crippen LogP contribution in [0.25, 0.3) is 5.65 Å². The number of aryl methyl sites for hydroxylation is 1. The highest BCUT2D eigenvalue weighted by Gasteiger charge is 2.22. The molecule has 0 atom stereocenters. The van der Waals surface area contributed by atoms with E-state index in [-0.39, 0.29) is 32.2 Å². The van der Waals surface area contributed by atoms with Crippen molar-refractivity contribution in [3.05, 3.63) is 34.2 Å². The van der Waals surface area contributed by atoms with E-state index < -0.39 is 0 Å². The summed E-state index contributed by atoms with van der Waals surface area (Å²) in [6, 6.07) is 3.67. The number of aliphatic hydroxyl groups is 2. The molecule has 20 heavy (non-hydrogen) atoms. The number of carbonyl (C=O) groups is 1. The van der Waals surface area contributed by atoms with Crippen molar-refractivity contribution in [2.24, 2.45) is 0 Å². The Morgan fingerprint density at radius 1 is 1.35 bits per heavy atom. The molecule has 108 valence electrons. The predicted molar refractivity (Wildman–Crippen MR) is 77.7 cm³/mol.